The molecule has 0 unspecified atom stereocenters. The summed E-state index contributed by atoms with van der Waals surface area (Å²) >= 11 is 1.81. The minimum Gasteiger partial charge on any atom is -0.346 e. The molecule has 26 heavy (non-hydrogen) atoms. The van der Waals surface area contributed by atoms with Crippen molar-refractivity contribution < 1.29 is 14.0 Å². The third kappa shape index (κ3) is 4.05. The number of carbonyl (C=O) groups is 2. The van der Waals surface area contributed by atoms with Crippen molar-refractivity contribution in [3.8, 4) is 0 Å². The average Bonchev–Trinajstić information content (AvgIpc) is 2.59. The molecule has 4 aliphatic rings. The molecule has 4 fully saturated rings. The van der Waals surface area contributed by atoms with Crippen LogP contribution in [0.5, 0.6) is 0 Å². The zero-order valence-electron chi connectivity index (χ0n) is 14.8. The van der Waals surface area contributed by atoms with E-state index in [1.54, 1.807) is 0 Å². The molecule has 2 N–H and O–H groups in total. The molecule has 0 saturated heterocycles. The van der Waals surface area contributed by atoms with E-state index in [9.17, 15) is 14.0 Å². The van der Waals surface area contributed by atoms with Crippen LogP contribution in [0.25, 0.3) is 0 Å². The number of anilines is 1. The van der Waals surface area contributed by atoms with E-state index < -0.39 is 0 Å². The number of hydrogen-bond acceptors (Lipinski definition) is 3. The van der Waals surface area contributed by atoms with E-state index in [1.807, 2.05) is 11.8 Å². The van der Waals surface area contributed by atoms with Gasteiger partial charge in [-0.2, -0.15) is 0 Å². The maximum absolute atomic E-state index is 12.9. The van der Waals surface area contributed by atoms with Crippen LogP contribution in [0.2, 0.25) is 0 Å². The third-order valence-corrected chi connectivity index (χ3v) is 7.58. The Morgan fingerprint density at radius 1 is 1.00 bits per heavy atom. The number of benzene rings is 1. The maximum Gasteiger partial charge on any atom is 0.243 e. The number of hydrogen-bond donors (Lipinski definition) is 2. The quantitative estimate of drug-likeness (QED) is 0.798. The summed E-state index contributed by atoms with van der Waals surface area (Å²) in [5, 5.41) is 5.35. The summed E-state index contributed by atoms with van der Waals surface area (Å²) in [5.74, 6) is 2.31. The molecule has 0 aromatic heterocycles. The smallest absolute Gasteiger partial charge is 0.243 e. The second kappa shape index (κ2) is 7.22. The largest absolute Gasteiger partial charge is 0.346 e. The van der Waals surface area contributed by atoms with Gasteiger partial charge in [0.05, 0.1) is 12.3 Å². The van der Waals surface area contributed by atoms with Gasteiger partial charge in [-0.1, -0.05) is 0 Å². The van der Waals surface area contributed by atoms with E-state index in [-0.39, 0.29) is 24.2 Å². The monoisotopic (exact) mass is 376 g/mol. The maximum atomic E-state index is 12.9. The van der Waals surface area contributed by atoms with Crippen molar-refractivity contribution in [2.24, 2.45) is 17.8 Å². The predicted molar refractivity (Wildman–Crippen MR) is 101 cm³/mol. The highest BCUT2D eigenvalue weighted by molar-refractivity contribution is 8.01. The van der Waals surface area contributed by atoms with Crippen molar-refractivity contribution in [3.05, 3.63) is 30.1 Å². The number of thioether (sulfide) groups is 1. The highest BCUT2D eigenvalue weighted by Gasteiger charge is 2.51. The molecule has 2 amide bonds. The number of carbonyl (C=O) groups excluding carboxylic acids is 2. The number of amides is 2. The lowest BCUT2D eigenvalue weighted by Crippen LogP contribution is -2.49. The van der Waals surface area contributed by atoms with Crippen molar-refractivity contribution in [3.63, 3.8) is 0 Å². The lowest BCUT2D eigenvalue weighted by Gasteiger charge is -2.56. The molecule has 5 rings (SSSR count). The van der Waals surface area contributed by atoms with Crippen LogP contribution in [-0.2, 0) is 9.59 Å². The Morgan fingerprint density at radius 2 is 1.58 bits per heavy atom. The van der Waals surface area contributed by atoms with Gasteiger partial charge < -0.3 is 10.6 Å². The zero-order valence-corrected chi connectivity index (χ0v) is 15.6. The van der Waals surface area contributed by atoms with Gasteiger partial charge in [0.15, 0.2) is 0 Å². The lowest BCUT2D eigenvalue weighted by atomic mass is 9.56. The topological polar surface area (TPSA) is 58.2 Å². The van der Waals surface area contributed by atoms with Crippen LogP contribution >= 0.6 is 11.8 Å². The van der Waals surface area contributed by atoms with Crippen LogP contribution in [0.15, 0.2) is 24.3 Å². The molecular formula is C20H25FN2O2S. The van der Waals surface area contributed by atoms with Gasteiger partial charge in [-0.05, 0) is 80.5 Å². The molecule has 1 aromatic rings. The van der Waals surface area contributed by atoms with E-state index in [2.05, 4.69) is 10.6 Å². The normalized spacial score (nSPS) is 31.7. The van der Waals surface area contributed by atoms with Gasteiger partial charge in [-0.15, -0.1) is 11.8 Å². The summed E-state index contributed by atoms with van der Waals surface area (Å²) in [6.45, 7) is -0.0579. The highest BCUT2D eigenvalue weighted by Crippen LogP contribution is 2.60. The second-order valence-corrected chi connectivity index (χ2v) is 9.66. The summed E-state index contributed by atoms with van der Waals surface area (Å²) in [5.41, 5.74) is 0.522. The second-order valence-electron chi connectivity index (χ2n) is 8.22. The Hall–Kier alpha value is -1.56. The SMILES string of the molecule is O=C(CSC12CC3CC(CC(C3)C1)C2)NCC(=O)Nc1ccc(F)cc1. The van der Waals surface area contributed by atoms with Crippen LogP contribution in [0, 0.1) is 23.6 Å². The van der Waals surface area contributed by atoms with E-state index in [0.29, 0.717) is 16.2 Å². The first-order valence-corrected chi connectivity index (χ1v) is 10.4. The minimum absolute atomic E-state index is 0.0579. The molecular weight excluding hydrogens is 351 g/mol. The number of rotatable bonds is 6. The van der Waals surface area contributed by atoms with Gasteiger partial charge in [-0.25, -0.2) is 4.39 Å². The van der Waals surface area contributed by atoms with Gasteiger partial charge in [0.25, 0.3) is 0 Å². The van der Waals surface area contributed by atoms with Crippen molar-refractivity contribution >= 4 is 29.3 Å². The van der Waals surface area contributed by atoms with E-state index in [4.69, 9.17) is 0 Å². The average molecular weight is 376 g/mol. The standard InChI is InChI=1S/C20H25FN2O2S/c21-16-1-3-17(4-2-16)23-18(24)11-22-19(25)12-26-20-8-13-5-14(9-20)7-15(6-13)10-20/h1-4,13-15H,5-12H2,(H,22,25)(H,23,24). The third-order valence-electron chi connectivity index (χ3n) is 6.07. The fraction of sp³-hybridized carbons (Fsp3) is 0.600. The molecule has 0 atom stereocenters. The molecule has 0 spiro atoms. The van der Waals surface area contributed by atoms with Crippen LogP contribution in [0.4, 0.5) is 10.1 Å². The molecule has 4 saturated carbocycles. The van der Waals surface area contributed by atoms with Crippen LogP contribution in [-0.4, -0.2) is 28.9 Å². The molecule has 1 aromatic carbocycles. The van der Waals surface area contributed by atoms with Gasteiger partial charge in [0.2, 0.25) is 11.8 Å². The predicted octanol–water partition coefficient (Wildman–Crippen LogP) is 3.58. The molecule has 4 aliphatic carbocycles. The molecule has 6 heteroatoms. The molecule has 0 radical (unpaired) electrons. The van der Waals surface area contributed by atoms with Gasteiger partial charge >= 0.3 is 0 Å². The van der Waals surface area contributed by atoms with E-state index >= 15 is 0 Å². The van der Waals surface area contributed by atoms with Gasteiger partial charge in [0, 0.05) is 10.4 Å². The van der Waals surface area contributed by atoms with Crippen molar-refractivity contribution in [2.75, 3.05) is 17.6 Å². The first-order chi connectivity index (χ1) is 12.5. The fourth-order valence-electron chi connectivity index (χ4n) is 5.39. The highest BCUT2D eigenvalue weighted by atomic mass is 32.2. The Kier molecular flexibility index (Phi) is 4.95. The van der Waals surface area contributed by atoms with E-state index in [0.717, 1.165) is 17.8 Å². The summed E-state index contributed by atoms with van der Waals surface area (Å²) in [6, 6.07) is 5.57. The number of nitrogens with one attached hydrogen (secondary N) is 2. The summed E-state index contributed by atoms with van der Waals surface area (Å²) < 4.78 is 13.2. The van der Waals surface area contributed by atoms with Gasteiger partial charge in [0.1, 0.15) is 5.82 Å². The molecule has 4 nitrogen and oxygen atoms in total. The molecule has 140 valence electrons. The van der Waals surface area contributed by atoms with E-state index in [1.165, 1.54) is 62.8 Å². The van der Waals surface area contributed by atoms with Crippen LogP contribution in [0.1, 0.15) is 38.5 Å². The molecule has 0 aliphatic heterocycles. The van der Waals surface area contributed by atoms with Crippen molar-refractivity contribution in [2.45, 2.75) is 43.3 Å². The Morgan fingerprint density at radius 3 is 2.15 bits per heavy atom. The van der Waals surface area contributed by atoms with Crippen molar-refractivity contribution in [1.82, 2.24) is 5.32 Å². The van der Waals surface area contributed by atoms with Crippen molar-refractivity contribution in [1.29, 1.82) is 0 Å². The molecule has 4 bridgehead atoms. The Bertz CT molecular complexity index is 656. The Labute approximate surface area is 157 Å². The molecule has 0 heterocycles. The minimum atomic E-state index is -0.349. The lowest BCUT2D eigenvalue weighted by molar-refractivity contribution is -0.122. The summed E-state index contributed by atoms with van der Waals surface area (Å²) in [7, 11) is 0. The Balaban J connectivity index is 1.21. The first kappa shape index (κ1) is 17.8. The summed E-state index contributed by atoms with van der Waals surface area (Å²) in [6.07, 6.45) is 7.99. The van der Waals surface area contributed by atoms with Crippen LogP contribution < -0.4 is 10.6 Å². The zero-order chi connectivity index (χ0) is 18.1. The van der Waals surface area contributed by atoms with Gasteiger partial charge in [-0.3, -0.25) is 9.59 Å². The number of halogens is 1. The first-order valence-electron chi connectivity index (χ1n) is 9.46. The van der Waals surface area contributed by atoms with Crippen LogP contribution in [0.3, 0.4) is 0 Å². The fourth-order valence-corrected chi connectivity index (χ4v) is 6.99. The summed E-state index contributed by atoms with van der Waals surface area (Å²) in [4.78, 5) is 24.1.